The lowest BCUT2D eigenvalue weighted by Crippen LogP contribution is -2.51. The second kappa shape index (κ2) is 8.52. The first kappa shape index (κ1) is 19.4. The van der Waals surface area contributed by atoms with Crippen LogP contribution in [-0.2, 0) is 6.54 Å². The van der Waals surface area contributed by atoms with Gasteiger partial charge in [0.15, 0.2) is 5.82 Å². The quantitative estimate of drug-likeness (QED) is 0.867. The summed E-state index contributed by atoms with van der Waals surface area (Å²) in [6, 6.07) is 6.84. The van der Waals surface area contributed by atoms with Crippen LogP contribution in [0.3, 0.4) is 0 Å². The number of benzene rings is 1. The molecule has 27 heavy (non-hydrogen) atoms. The zero-order valence-electron chi connectivity index (χ0n) is 15.5. The van der Waals surface area contributed by atoms with E-state index in [1.165, 1.54) is 0 Å². The van der Waals surface area contributed by atoms with E-state index in [0.29, 0.717) is 22.7 Å². The van der Waals surface area contributed by atoms with E-state index in [2.05, 4.69) is 20.4 Å². The predicted molar refractivity (Wildman–Crippen MR) is 103 cm³/mol. The van der Waals surface area contributed by atoms with Crippen LogP contribution in [0.4, 0.5) is 15.0 Å². The molecule has 3 rings (SSSR count). The van der Waals surface area contributed by atoms with E-state index >= 15 is 0 Å². The number of rotatable bonds is 4. The molecule has 0 spiro atoms. The van der Waals surface area contributed by atoms with Gasteiger partial charge in [0.1, 0.15) is 5.82 Å². The molecule has 144 valence electrons. The van der Waals surface area contributed by atoms with E-state index in [-0.39, 0.29) is 24.4 Å². The van der Waals surface area contributed by atoms with Gasteiger partial charge in [0.25, 0.3) is 0 Å². The lowest BCUT2D eigenvalue weighted by Gasteiger charge is -2.38. The van der Waals surface area contributed by atoms with E-state index in [0.717, 1.165) is 25.2 Å². The third-order valence-electron chi connectivity index (χ3n) is 4.98. The van der Waals surface area contributed by atoms with Gasteiger partial charge >= 0.3 is 6.03 Å². The zero-order chi connectivity index (χ0) is 19.4. The molecule has 1 aromatic heterocycles. The first-order chi connectivity index (χ1) is 13.0. The van der Waals surface area contributed by atoms with Crippen LogP contribution in [0.2, 0.25) is 5.02 Å². The summed E-state index contributed by atoms with van der Waals surface area (Å²) in [4.78, 5) is 16.4. The molecule has 0 aliphatic carbocycles. The second-order valence-corrected chi connectivity index (χ2v) is 7.15. The van der Waals surface area contributed by atoms with Gasteiger partial charge in [-0.25, -0.2) is 9.18 Å². The molecule has 2 aromatic rings. The molecular weight excluding hydrogens is 369 g/mol. The van der Waals surface area contributed by atoms with E-state index < -0.39 is 0 Å². The predicted octanol–water partition coefficient (Wildman–Crippen LogP) is 3.39. The molecule has 1 aliphatic heterocycles. The number of nitrogens with one attached hydrogen (secondary N) is 1. The lowest BCUT2D eigenvalue weighted by molar-refractivity contribution is 0.182. The minimum absolute atomic E-state index is 0.0533. The lowest BCUT2D eigenvalue weighted by atomic mass is 10.0. The number of nitrogens with zero attached hydrogens (tertiary/aromatic N) is 4. The van der Waals surface area contributed by atoms with Crippen molar-refractivity contribution in [2.75, 3.05) is 25.0 Å². The number of amides is 2. The monoisotopic (exact) mass is 391 g/mol. The van der Waals surface area contributed by atoms with Gasteiger partial charge < -0.3 is 15.1 Å². The maximum Gasteiger partial charge on any atom is 0.317 e. The Bertz CT molecular complexity index is 804. The van der Waals surface area contributed by atoms with Crippen molar-refractivity contribution >= 4 is 23.4 Å². The number of hydrogen-bond acceptors (Lipinski definition) is 4. The van der Waals surface area contributed by atoms with E-state index in [1.807, 2.05) is 12.1 Å². The Kier molecular flexibility index (Phi) is 6.11. The van der Waals surface area contributed by atoms with E-state index in [9.17, 15) is 9.18 Å². The van der Waals surface area contributed by atoms with Crippen molar-refractivity contribution in [3.63, 3.8) is 0 Å². The van der Waals surface area contributed by atoms with Crippen LogP contribution in [0.15, 0.2) is 30.5 Å². The summed E-state index contributed by atoms with van der Waals surface area (Å²) in [5.41, 5.74) is 0.812. The van der Waals surface area contributed by atoms with Crippen LogP contribution in [0.5, 0.6) is 0 Å². The van der Waals surface area contributed by atoms with Crippen molar-refractivity contribution in [1.82, 2.24) is 20.4 Å². The van der Waals surface area contributed by atoms with E-state index in [1.54, 1.807) is 37.2 Å². The number of piperidine rings is 1. The summed E-state index contributed by atoms with van der Waals surface area (Å²) < 4.78 is 14.2. The fraction of sp³-hybridized carbons (Fsp3) is 0.421. The van der Waals surface area contributed by atoms with Crippen molar-refractivity contribution in [2.45, 2.75) is 32.4 Å². The summed E-state index contributed by atoms with van der Waals surface area (Å²) in [5.74, 6) is 0.437. The van der Waals surface area contributed by atoms with Gasteiger partial charge in [-0.05, 0) is 38.0 Å². The minimum atomic E-state index is -0.378. The number of carbonyl (C=O) groups excluding carboxylic acids is 1. The highest BCUT2D eigenvalue weighted by Crippen LogP contribution is 2.22. The van der Waals surface area contributed by atoms with Gasteiger partial charge in [0.2, 0.25) is 0 Å². The molecule has 1 aliphatic rings. The SMILES string of the molecule is Cc1c(Cl)ccc(CNC(=O)N(C)[C@@H]2CCCN(c3cccnn3)C2)c1F. The third kappa shape index (κ3) is 4.47. The molecule has 6 nitrogen and oxygen atoms in total. The Balaban J connectivity index is 1.59. The highest BCUT2D eigenvalue weighted by atomic mass is 35.5. The fourth-order valence-electron chi connectivity index (χ4n) is 3.26. The number of aromatic nitrogens is 2. The van der Waals surface area contributed by atoms with Crippen molar-refractivity contribution < 1.29 is 9.18 Å². The maximum absolute atomic E-state index is 14.2. The summed E-state index contributed by atoms with van der Waals surface area (Å²) in [7, 11) is 1.77. The standard InChI is InChI=1S/C19H23ClFN5O/c1-13-16(20)8-7-14(18(13)21)11-22-19(27)25(2)15-5-4-10-26(12-15)17-6-3-9-23-24-17/h3,6-9,15H,4-5,10-12H2,1-2H3,(H,22,27)/t15-/m1/s1. The average Bonchev–Trinajstić information content (AvgIpc) is 2.71. The highest BCUT2D eigenvalue weighted by Gasteiger charge is 2.27. The summed E-state index contributed by atoms with van der Waals surface area (Å²) in [6.07, 6.45) is 3.51. The topological polar surface area (TPSA) is 61.4 Å². The van der Waals surface area contributed by atoms with Crippen molar-refractivity contribution in [2.24, 2.45) is 0 Å². The Morgan fingerprint density at radius 2 is 2.26 bits per heavy atom. The zero-order valence-corrected chi connectivity index (χ0v) is 16.2. The smallest absolute Gasteiger partial charge is 0.317 e. The third-order valence-corrected chi connectivity index (χ3v) is 5.39. The van der Waals surface area contributed by atoms with Crippen LogP contribution >= 0.6 is 11.6 Å². The largest absolute Gasteiger partial charge is 0.353 e. The summed E-state index contributed by atoms with van der Waals surface area (Å²) >= 11 is 5.92. The van der Waals surface area contributed by atoms with Crippen LogP contribution in [0.1, 0.15) is 24.0 Å². The second-order valence-electron chi connectivity index (χ2n) is 6.74. The number of hydrogen-bond donors (Lipinski definition) is 1. The molecule has 0 bridgehead atoms. The Morgan fingerprint density at radius 1 is 1.44 bits per heavy atom. The van der Waals surface area contributed by atoms with Crippen LogP contribution < -0.4 is 10.2 Å². The number of carbonyl (C=O) groups is 1. The van der Waals surface area contributed by atoms with Gasteiger partial charge in [0, 0.05) is 49.0 Å². The molecule has 1 saturated heterocycles. The molecule has 1 aromatic carbocycles. The molecule has 0 unspecified atom stereocenters. The highest BCUT2D eigenvalue weighted by molar-refractivity contribution is 6.31. The van der Waals surface area contributed by atoms with Gasteiger partial charge in [-0.15, -0.1) is 5.10 Å². The van der Waals surface area contributed by atoms with Gasteiger partial charge in [-0.2, -0.15) is 5.10 Å². The normalized spacial score (nSPS) is 16.9. The van der Waals surface area contributed by atoms with Gasteiger partial charge in [-0.1, -0.05) is 17.7 Å². The number of likely N-dealkylation sites (N-methyl/N-ethyl adjacent to an activating group) is 1. The van der Waals surface area contributed by atoms with Crippen LogP contribution in [0, 0.1) is 12.7 Å². The molecule has 1 atom stereocenters. The molecule has 0 saturated carbocycles. The fourth-order valence-corrected chi connectivity index (χ4v) is 3.40. The Labute approximate surface area is 163 Å². The average molecular weight is 392 g/mol. The Morgan fingerprint density at radius 3 is 3.00 bits per heavy atom. The molecule has 8 heteroatoms. The summed E-state index contributed by atoms with van der Waals surface area (Å²) in [5, 5.41) is 11.2. The molecular formula is C19H23ClFN5O. The Hall–Kier alpha value is -2.41. The molecule has 1 N–H and O–H groups in total. The van der Waals surface area contributed by atoms with E-state index in [4.69, 9.17) is 11.6 Å². The van der Waals surface area contributed by atoms with Crippen molar-refractivity contribution in [3.8, 4) is 0 Å². The van der Waals surface area contributed by atoms with Crippen molar-refractivity contribution in [1.29, 1.82) is 0 Å². The van der Waals surface area contributed by atoms with Gasteiger partial charge in [0.05, 0.1) is 6.04 Å². The van der Waals surface area contributed by atoms with Gasteiger partial charge in [-0.3, -0.25) is 0 Å². The molecule has 1 fully saturated rings. The first-order valence-corrected chi connectivity index (χ1v) is 9.32. The maximum atomic E-state index is 14.2. The molecule has 2 heterocycles. The number of halogens is 2. The number of urea groups is 1. The summed E-state index contributed by atoms with van der Waals surface area (Å²) in [6.45, 7) is 3.32. The number of anilines is 1. The first-order valence-electron chi connectivity index (χ1n) is 8.94. The van der Waals surface area contributed by atoms with Crippen LogP contribution in [0.25, 0.3) is 0 Å². The molecule has 2 amide bonds. The van der Waals surface area contributed by atoms with Crippen molar-refractivity contribution in [3.05, 3.63) is 52.4 Å². The van der Waals surface area contributed by atoms with Crippen LogP contribution in [-0.4, -0.2) is 47.3 Å². The molecule has 0 radical (unpaired) electrons. The minimum Gasteiger partial charge on any atom is -0.353 e.